The first-order valence-electron chi connectivity index (χ1n) is 10.1. The number of aromatic nitrogens is 1. The summed E-state index contributed by atoms with van der Waals surface area (Å²) in [5.41, 5.74) is 0.934. The molecule has 2 aromatic rings. The molecule has 29 heavy (non-hydrogen) atoms. The molecular formula is C21H29N5O3. The van der Waals surface area contributed by atoms with Gasteiger partial charge in [-0.3, -0.25) is 14.7 Å². The van der Waals surface area contributed by atoms with E-state index in [2.05, 4.69) is 20.5 Å². The second kappa shape index (κ2) is 10.6. The van der Waals surface area contributed by atoms with Crippen LogP contribution in [-0.2, 0) is 11.2 Å². The molecule has 0 bridgehead atoms. The van der Waals surface area contributed by atoms with Crippen LogP contribution in [0, 0.1) is 0 Å². The molecule has 0 saturated carbocycles. The zero-order valence-corrected chi connectivity index (χ0v) is 16.8. The number of hydrogen-bond donors (Lipinski definition) is 2. The van der Waals surface area contributed by atoms with Gasteiger partial charge in [-0.2, -0.15) is 0 Å². The maximum atomic E-state index is 12.2. The van der Waals surface area contributed by atoms with Gasteiger partial charge in [-0.25, -0.2) is 4.79 Å². The van der Waals surface area contributed by atoms with E-state index in [4.69, 9.17) is 4.42 Å². The van der Waals surface area contributed by atoms with Crippen LogP contribution in [-0.4, -0.2) is 66.5 Å². The van der Waals surface area contributed by atoms with Crippen molar-refractivity contribution in [2.45, 2.75) is 25.3 Å². The highest BCUT2D eigenvalue weighted by Crippen LogP contribution is 2.24. The minimum Gasteiger partial charge on any atom is -0.468 e. The maximum absolute atomic E-state index is 12.2. The third kappa shape index (κ3) is 6.32. The number of nitrogens with one attached hydrogen (secondary N) is 2. The van der Waals surface area contributed by atoms with Crippen molar-refractivity contribution in [1.82, 2.24) is 25.4 Å². The van der Waals surface area contributed by atoms with Gasteiger partial charge < -0.3 is 20.0 Å². The largest absolute Gasteiger partial charge is 0.468 e. The average molecular weight is 399 g/mol. The summed E-state index contributed by atoms with van der Waals surface area (Å²) in [4.78, 5) is 32.6. The van der Waals surface area contributed by atoms with E-state index in [1.54, 1.807) is 24.4 Å². The van der Waals surface area contributed by atoms with E-state index in [9.17, 15) is 9.59 Å². The van der Waals surface area contributed by atoms with Crippen molar-refractivity contribution < 1.29 is 14.0 Å². The molecule has 0 spiro atoms. The number of hydrogen-bond acceptors (Lipinski definition) is 5. The Morgan fingerprint density at radius 3 is 2.72 bits per heavy atom. The van der Waals surface area contributed by atoms with Crippen molar-refractivity contribution in [1.29, 1.82) is 0 Å². The number of pyridine rings is 1. The monoisotopic (exact) mass is 399 g/mol. The van der Waals surface area contributed by atoms with Crippen LogP contribution in [0.1, 0.15) is 30.3 Å². The Bertz CT molecular complexity index is 760. The second-order valence-electron chi connectivity index (χ2n) is 7.22. The van der Waals surface area contributed by atoms with Gasteiger partial charge >= 0.3 is 6.03 Å². The van der Waals surface area contributed by atoms with Crippen LogP contribution >= 0.6 is 0 Å². The van der Waals surface area contributed by atoms with Gasteiger partial charge in [0.1, 0.15) is 5.76 Å². The van der Waals surface area contributed by atoms with Gasteiger partial charge in [0.2, 0.25) is 5.91 Å². The van der Waals surface area contributed by atoms with Crippen LogP contribution in [0.4, 0.5) is 4.79 Å². The quantitative estimate of drug-likeness (QED) is 0.671. The van der Waals surface area contributed by atoms with Crippen molar-refractivity contribution in [2.75, 3.05) is 39.8 Å². The Kier molecular flexibility index (Phi) is 7.63. The van der Waals surface area contributed by atoms with Crippen LogP contribution in [0.5, 0.6) is 0 Å². The summed E-state index contributed by atoms with van der Waals surface area (Å²) in [6, 6.07) is 9.16. The first-order chi connectivity index (χ1) is 14.1. The fraction of sp³-hybridized carbons (Fsp3) is 0.476. The molecule has 0 radical (unpaired) electrons. The Morgan fingerprint density at radius 1 is 1.21 bits per heavy atom. The summed E-state index contributed by atoms with van der Waals surface area (Å²) in [7, 11) is 1.73. The molecule has 0 aromatic carbocycles. The van der Waals surface area contributed by atoms with Crippen LogP contribution in [0.2, 0.25) is 0 Å². The van der Waals surface area contributed by atoms with Gasteiger partial charge in [0.05, 0.1) is 18.8 Å². The van der Waals surface area contributed by atoms with Gasteiger partial charge in [-0.05, 0) is 50.2 Å². The highest BCUT2D eigenvalue weighted by molar-refractivity contribution is 5.83. The van der Waals surface area contributed by atoms with E-state index in [0.717, 1.165) is 37.4 Å². The van der Waals surface area contributed by atoms with Crippen molar-refractivity contribution in [3.8, 4) is 0 Å². The molecule has 8 nitrogen and oxygen atoms in total. The molecule has 2 N–H and O–H groups in total. The number of likely N-dealkylation sites (tertiary alicyclic amines) is 1. The first kappa shape index (κ1) is 20.9. The molecule has 8 heteroatoms. The third-order valence-electron chi connectivity index (χ3n) is 5.16. The van der Waals surface area contributed by atoms with Crippen molar-refractivity contribution in [3.63, 3.8) is 0 Å². The lowest BCUT2D eigenvalue weighted by atomic mass is 10.2. The summed E-state index contributed by atoms with van der Waals surface area (Å²) in [6.07, 6.45) is 6.38. The van der Waals surface area contributed by atoms with Crippen molar-refractivity contribution >= 4 is 11.9 Å². The Morgan fingerprint density at radius 2 is 2.03 bits per heavy atom. The topological polar surface area (TPSA) is 90.7 Å². The molecule has 3 rings (SSSR count). The number of urea groups is 1. The molecule has 3 heterocycles. The standard InChI is InChI=1S/C21H29N5O3/c1-25(13-9-17-7-2-3-10-22-17)20(27)16-24-21(28)23-15-18(19-8-6-14-29-19)26-11-4-5-12-26/h2-3,6-8,10,14,18H,4-5,9,11-13,15-16H2,1H3,(H2,23,24,28). The number of carbonyl (C=O) groups is 2. The number of furan rings is 1. The summed E-state index contributed by atoms with van der Waals surface area (Å²) >= 11 is 0. The second-order valence-corrected chi connectivity index (χ2v) is 7.22. The lowest BCUT2D eigenvalue weighted by molar-refractivity contribution is -0.128. The molecule has 2 aromatic heterocycles. The zero-order chi connectivity index (χ0) is 20.5. The van der Waals surface area contributed by atoms with Gasteiger partial charge in [0.25, 0.3) is 0 Å². The Labute approximate surface area is 171 Å². The van der Waals surface area contributed by atoms with E-state index in [1.165, 1.54) is 0 Å². The zero-order valence-electron chi connectivity index (χ0n) is 16.8. The molecule has 1 fully saturated rings. The average Bonchev–Trinajstić information content (AvgIpc) is 3.46. The highest BCUT2D eigenvalue weighted by atomic mass is 16.3. The molecule has 1 aliphatic heterocycles. The van der Waals surface area contributed by atoms with E-state index in [-0.39, 0.29) is 24.5 Å². The molecule has 156 valence electrons. The van der Waals surface area contributed by atoms with Crippen LogP contribution in [0.25, 0.3) is 0 Å². The molecule has 1 atom stereocenters. The van der Waals surface area contributed by atoms with Crippen LogP contribution in [0.3, 0.4) is 0 Å². The Hall–Kier alpha value is -2.87. The summed E-state index contributed by atoms with van der Waals surface area (Å²) < 4.78 is 5.55. The van der Waals surface area contributed by atoms with Gasteiger partial charge in [0, 0.05) is 38.4 Å². The maximum Gasteiger partial charge on any atom is 0.315 e. The molecular weight excluding hydrogens is 370 g/mol. The summed E-state index contributed by atoms with van der Waals surface area (Å²) in [5, 5.41) is 5.51. The minimum atomic E-state index is -0.354. The number of amides is 3. The van der Waals surface area contributed by atoms with Crippen LogP contribution < -0.4 is 10.6 Å². The Balaban J connectivity index is 1.39. The van der Waals surface area contributed by atoms with Gasteiger partial charge in [0.15, 0.2) is 0 Å². The van der Waals surface area contributed by atoms with Gasteiger partial charge in [-0.1, -0.05) is 6.07 Å². The lowest BCUT2D eigenvalue weighted by Gasteiger charge is -2.26. The van der Waals surface area contributed by atoms with Crippen molar-refractivity contribution in [2.24, 2.45) is 0 Å². The smallest absolute Gasteiger partial charge is 0.315 e. The summed E-state index contributed by atoms with van der Waals surface area (Å²) in [6.45, 7) is 2.93. The normalized spacial score (nSPS) is 15.1. The SMILES string of the molecule is CN(CCc1ccccn1)C(=O)CNC(=O)NCC(c1ccco1)N1CCCC1. The van der Waals surface area contributed by atoms with Gasteiger partial charge in [-0.15, -0.1) is 0 Å². The first-order valence-corrected chi connectivity index (χ1v) is 10.1. The number of likely N-dealkylation sites (N-methyl/N-ethyl adjacent to an activating group) is 1. The fourth-order valence-corrected chi connectivity index (χ4v) is 3.44. The molecule has 0 aliphatic carbocycles. The predicted molar refractivity (Wildman–Crippen MR) is 109 cm³/mol. The number of rotatable bonds is 9. The molecule has 1 aliphatic rings. The molecule has 1 unspecified atom stereocenters. The third-order valence-corrected chi connectivity index (χ3v) is 5.16. The fourth-order valence-electron chi connectivity index (χ4n) is 3.44. The molecule has 3 amide bonds. The highest BCUT2D eigenvalue weighted by Gasteiger charge is 2.26. The van der Waals surface area contributed by atoms with E-state index < -0.39 is 0 Å². The summed E-state index contributed by atoms with van der Waals surface area (Å²) in [5.74, 6) is 0.704. The lowest BCUT2D eigenvalue weighted by Crippen LogP contribution is -2.45. The van der Waals surface area contributed by atoms with E-state index in [0.29, 0.717) is 19.5 Å². The van der Waals surface area contributed by atoms with E-state index in [1.807, 2.05) is 30.3 Å². The number of carbonyl (C=O) groups excluding carboxylic acids is 2. The van der Waals surface area contributed by atoms with Crippen molar-refractivity contribution in [3.05, 3.63) is 54.2 Å². The van der Waals surface area contributed by atoms with Crippen LogP contribution in [0.15, 0.2) is 47.2 Å². The minimum absolute atomic E-state index is 0.00926. The number of nitrogens with zero attached hydrogens (tertiary/aromatic N) is 3. The predicted octanol–water partition coefficient (Wildman–Crippen LogP) is 1.81. The molecule has 1 saturated heterocycles. The van der Waals surface area contributed by atoms with E-state index >= 15 is 0 Å².